The number of rotatable bonds is 3. The molecule has 0 spiro atoms. The molecular weight excluding hydrogens is 366 g/mol. The van der Waals surface area contributed by atoms with Crippen LogP contribution in [-0.4, -0.2) is 36.3 Å². The molecular formula is C20H20ClN3O3. The predicted octanol–water partition coefficient (Wildman–Crippen LogP) is 3.30. The minimum Gasteiger partial charge on any atom is -0.465 e. The van der Waals surface area contributed by atoms with Gasteiger partial charge in [-0.15, -0.1) is 12.4 Å². The van der Waals surface area contributed by atoms with Crippen molar-refractivity contribution in [3.8, 4) is 22.8 Å². The summed E-state index contributed by atoms with van der Waals surface area (Å²) in [6.45, 7) is 1.99. The van der Waals surface area contributed by atoms with Gasteiger partial charge in [0.15, 0.2) is 0 Å². The Morgan fingerprint density at radius 1 is 1.07 bits per heavy atom. The Balaban J connectivity index is 0.00000210. The second-order valence-electron chi connectivity index (χ2n) is 6.23. The molecule has 0 radical (unpaired) electrons. The molecule has 0 bridgehead atoms. The van der Waals surface area contributed by atoms with Gasteiger partial charge in [0, 0.05) is 11.1 Å². The Labute approximate surface area is 163 Å². The van der Waals surface area contributed by atoms with Crippen LogP contribution in [0.15, 0.2) is 47.0 Å². The fourth-order valence-corrected chi connectivity index (χ4v) is 3.17. The van der Waals surface area contributed by atoms with Crippen LogP contribution in [-0.2, 0) is 17.6 Å². The molecule has 0 unspecified atom stereocenters. The highest BCUT2D eigenvalue weighted by Crippen LogP contribution is 2.26. The molecule has 7 heteroatoms. The first kappa shape index (κ1) is 19.1. The minimum absolute atomic E-state index is 0. The van der Waals surface area contributed by atoms with Gasteiger partial charge >= 0.3 is 5.97 Å². The van der Waals surface area contributed by atoms with Crippen LogP contribution >= 0.6 is 12.4 Å². The summed E-state index contributed by atoms with van der Waals surface area (Å²) in [5, 5.41) is 7.48. The Kier molecular flexibility index (Phi) is 5.88. The van der Waals surface area contributed by atoms with Crippen LogP contribution < -0.4 is 5.32 Å². The number of nitrogens with one attached hydrogen (secondary N) is 1. The predicted molar refractivity (Wildman–Crippen MR) is 104 cm³/mol. The van der Waals surface area contributed by atoms with E-state index in [0.29, 0.717) is 22.8 Å². The fourth-order valence-electron chi connectivity index (χ4n) is 3.17. The topological polar surface area (TPSA) is 77.2 Å². The summed E-state index contributed by atoms with van der Waals surface area (Å²) in [7, 11) is 1.36. The lowest BCUT2D eigenvalue weighted by Crippen LogP contribution is -2.16. The number of ether oxygens (including phenoxy) is 1. The first-order chi connectivity index (χ1) is 12.7. The van der Waals surface area contributed by atoms with Gasteiger partial charge in [0.25, 0.3) is 5.89 Å². The van der Waals surface area contributed by atoms with E-state index in [0.717, 1.165) is 31.5 Å². The standard InChI is InChI=1S/C20H19N3O3.ClH/c1-25-20(24)17-4-2-3-15(12-17)18-22-19(26-23-18)16-6-5-13-7-9-21-10-8-14(13)11-16;/h2-6,11-12,21H,7-10H2,1H3;1H. The quantitative estimate of drug-likeness (QED) is 0.697. The van der Waals surface area contributed by atoms with Crippen molar-refractivity contribution in [1.29, 1.82) is 0 Å². The van der Waals surface area contributed by atoms with Gasteiger partial charge in [-0.05, 0) is 61.3 Å². The van der Waals surface area contributed by atoms with Gasteiger partial charge in [-0.2, -0.15) is 4.98 Å². The second kappa shape index (κ2) is 8.33. The lowest BCUT2D eigenvalue weighted by atomic mass is 10.00. The fraction of sp³-hybridized carbons (Fsp3) is 0.250. The van der Waals surface area contributed by atoms with Crippen molar-refractivity contribution in [3.63, 3.8) is 0 Å². The molecule has 1 aliphatic rings. The molecule has 4 rings (SSSR count). The summed E-state index contributed by atoms with van der Waals surface area (Å²) in [5.41, 5.74) is 4.76. The van der Waals surface area contributed by atoms with E-state index in [9.17, 15) is 4.79 Å². The molecule has 1 aliphatic heterocycles. The van der Waals surface area contributed by atoms with Crippen molar-refractivity contribution < 1.29 is 14.1 Å². The number of halogens is 1. The summed E-state index contributed by atoms with van der Waals surface area (Å²) >= 11 is 0. The molecule has 27 heavy (non-hydrogen) atoms. The van der Waals surface area contributed by atoms with Gasteiger partial charge in [-0.1, -0.05) is 23.4 Å². The van der Waals surface area contributed by atoms with E-state index in [4.69, 9.17) is 9.26 Å². The molecule has 0 saturated heterocycles. The molecule has 1 N–H and O–H groups in total. The molecule has 0 fully saturated rings. The number of benzene rings is 2. The van der Waals surface area contributed by atoms with Crippen molar-refractivity contribution in [2.45, 2.75) is 12.8 Å². The number of methoxy groups -OCH3 is 1. The molecule has 3 aromatic rings. The first-order valence-corrected chi connectivity index (χ1v) is 8.60. The minimum atomic E-state index is -0.394. The Morgan fingerprint density at radius 2 is 1.89 bits per heavy atom. The lowest BCUT2D eigenvalue weighted by Gasteiger charge is -2.05. The smallest absolute Gasteiger partial charge is 0.337 e. The highest BCUT2D eigenvalue weighted by atomic mass is 35.5. The van der Waals surface area contributed by atoms with Crippen molar-refractivity contribution >= 4 is 18.4 Å². The third kappa shape index (κ3) is 4.02. The van der Waals surface area contributed by atoms with Crippen molar-refractivity contribution in [2.24, 2.45) is 0 Å². The molecule has 0 aliphatic carbocycles. The van der Waals surface area contributed by atoms with E-state index in [-0.39, 0.29) is 12.4 Å². The monoisotopic (exact) mass is 385 g/mol. The summed E-state index contributed by atoms with van der Waals surface area (Å²) < 4.78 is 10.2. The third-order valence-corrected chi connectivity index (χ3v) is 4.56. The van der Waals surface area contributed by atoms with Crippen LogP contribution in [0.1, 0.15) is 21.5 Å². The van der Waals surface area contributed by atoms with E-state index in [1.165, 1.54) is 18.2 Å². The van der Waals surface area contributed by atoms with Crippen LogP contribution in [0.2, 0.25) is 0 Å². The number of carbonyl (C=O) groups is 1. The average molecular weight is 386 g/mol. The molecule has 0 saturated carbocycles. The normalized spacial score (nSPS) is 13.2. The SMILES string of the molecule is COC(=O)c1cccc(-c2noc(-c3ccc4c(c3)CCNCC4)n2)c1.Cl. The zero-order valence-corrected chi connectivity index (χ0v) is 15.7. The number of aromatic nitrogens is 2. The molecule has 2 heterocycles. The number of nitrogens with zero attached hydrogens (tertiary/aromatic N) is 2. The lowest BCUT2D eigenvalue weighted by molar-refractivity contribution is 0.0601. The number of hydrogen-bond acceptors (Lipinski definition) is 6. The Hall–Kier alpha value is -2.70. The second-order valence-corrected chi connectivity index (χ2v) is 6.23. The molecule has 1 aromatic heterocycles. The molecule has 140 valence electrons. The summed E-state index contributed by atoms with van der Waals surface area (Å²) in [4.78, 5) is 16.2. The van der Waals surface area contributed by atoms with Crippen LogP contribution in [0, 0.1) is 0 Å². The summed E-state index contributed by atoms with van der Waals surface area (Å²) in [6.07, 6.45) is 2.02. The molecule has 2 aromatic carbocycles. The maximum Gasteiger partial charge on any atom is 0.337 e. The van der Waals surface area contributed by atoms with E-state index in [1.807, 2.05) is 12.1 Å². The van der Waals surface area contributed by atoms with E-state index in [2.05, 4.69) is 27.6 Å². The average Bonchev–Trinajstić information content (AvgIpc) is 3.06. The van der Waals surface area contributed by atoms with Crippen LogP contribution in [0.25, 0.3) is 22.8 Å². The zero-order valence-electron chi connectivity index (χ0n) is 14.9. The van der Waals surface area contributed by atoms with Crippen molar-refractivity contribution in [3.05, 3.63) is 59.2 Å². The van der Waals surface area contributed by atoms with Gasteiger partial charge in [0.1, 0.15) is 0 Å². The van der Waals surface area contributed by atoms with Crippen molar-refractivity contribution in [1.82, 2.24) is 15.5 Å². The van der Waals surface area contributed by atoms with Gasteiger partial charge < -0.3 is 14.6 Å². The summed E-state index contributed by atoms with van der Waals surface area (Å²) in [5.74, 6) is 0.528. The van der Waals surface area contributed by atoms with Crippen LogP contribution in [0.3, 0.4) is 0 Å². The third-order valence-electron chi connectivity index (χ3n) is 4.56. The number of esters is 1. The Bertz CT molecular complexity index is 955. The van der Waals surface area contributed by atoms with Crippen LogP contribution in [0.4, 0.5) is 0 Å². The van der Waals surface area contributed by atoms with Gasteiger partial charge in [-0.3, -0.25) is 0 Å². The van der Waals surface area contributed by atoms with Gasteiger partial charge in [0.2, 0.25) is 5.82 Å². The highest BCUT2D eigenvalue weighted by Gasteiger charge is 2.15. The van der Waals surface area contributed by atoms with Crippen molar-refractivity contribution in [2.75, 3.05) is 20.2 Å². The first-order valence-electron chi connectivity index (χ1n) is 8.60. The maximum absolute atomic E-state index is 11.7. The van der Waals surface area contributed by atoms with Gasteiger partial charge in [0.05, 0.1) is 12.7 Å². The maximum atomic E-state index is 11.7. The number of carbonyl (C=O) groups excluding carboxylic acids is 1. The van der Waals surface area contributed by atoms with Gasteiger partial charge in [-0.25, -0.2) is 4.79 Å². The number of fused-ring (bicyclic) bond motifs is 1. The Morgan fingerprint density at radius 3 is 2.70 bits per heavy atom. The largest absolute Gasteiger partial charge is 0.465 e. The number of hydrogen-bond donors (Lipinski definition) is 1. The molecule has 0 amide bonds. The van der Waals surface area contributed by atoms with E-state index in [1.54, 1.807) is 18.2 Å². The molecule has 0 atom stereocenters. The van der Waals surface area contributed by atoms with Crippen LogP contribution in [0.5, 0.6) is 0 Å². The zero-order chi connectivity index (χ0) is 17.9. The van der Waals surface area contributed by atoms with E-state index >= 15 is 0 Å². The highest BCUT2D eigenvalue weighted by molar-refractivity contribution is 5.90. The van der Waals surface area contributed by atoms with E-state index < -0.39 is 5.97 Å². The molecule has 6 nitrogen and oxygen atoms in total. The summed E-state index contributed by atoms with van der Waals surface area (Å²) in [6, 6.07) is 13.3.